The van der Waals surface area contributed by atoms with Gasteiger partial charge in [-0.2, -0.15) is 0 Å². The lowest BCUT2D eigenvalue weighted by Gasteiger charge is -2.00. The Kier molecular flexibility index (Phi) is 19.2. The van der Waals surface area contributed by atoms with Crippen LogP contribution in [0.2, 0.25) is 0 Å². The van der Waals surface area contributed by atoms with Crippen LogP contribution in [0.1, 0.15) is 97.3 Å². The Bertz CT molecular complexity index is 385. The first-order valence-corrected chi connectivity index (χ1v) is 9.68. The van der Waals surface area contributed by atoms with E-state index in [0.29, 0.717) is 24.0 Å². The third-order valence-corrected chi connectivity index (χ3v) is 4.02. The van der Waals surface area contributed by atoms with Crippen molar-refractivity contribution in [1.82, 2.24) is 0 Å². The number of rotatable bonds is 15. The lowest BCUT2D eigenvalue weighted by atomic mass is 10.1. The van der Waals surface area contributed by atoms with E-state index in [9.17, 15) is 9.59 Å². The molecule has 0 saturated heterocycles. The molecule has 0 rings (SSSR count). The second-order valence-electron chi connectivity index (χ2n) is 6.50. The lowest BCUT2D eigenvalue weighted by Crippen LogP contribution is -1.98. The number of aliphatic carboxylic acids is 2. The first-order valence-electron chi connectivity index (χ1n) is 9.68. The summed E-state index contributed by atoms with van der Waals surface area (Å²) in [5.41, 5.74) is 0.682. The van der Waals surface area contributed by atoms with Crippen LogP contribution in [0.3, 0.4) is 0 Å². The van der Waals surface area contributed by atoms with Gasteiger partial charge in [0.25, 0.3) is 0 Å². The second-order valence-corrected chi connectivity index (χ2v) is 6.50. The van der Waals surface area contributed by atoms with Gasteiger partial charge in [-0.3, -0.25) is 0 Å². The maximum absolute atomic E-state index is 10.4. The van der Waals surface area contributed by atoms with Crippen molar-refractivity contribution in [3.63, 3.8) is 0 Å². The van der Waals surface area contributed by atoms with Gasteiger partial charge in [0.2, 0.25) is 0 Å². The van der Waals surface area contributed by atoms with E-state index < -0.39 is 11.9 Å². The van der Waals surface area contributed by atoms with Crippen molar-refractivity contribution in [2.45, 2.75) is 97.3 Å². The summed E-state index contributed by atoms with van der Waals surface area (Å²) >= 11 is 0. The molecule has 4 heteroatoms. The third-order valence-electron chi connectivity index (χ3n) is 4.02. The molecule has 4 nitrogen and oxygen atoms in total. The predicted octanol–water partition coefficient (Wildman–Crippen LogP) is 6.37. The van der Waals surface area contributed by atoms with Gasteiger partial charge in [0.1, 0.15) is 0 Å². The number of unbranched alkanes of at least 4 members (excludes halogenated alkanes) is 9. The Morgan fingerprint density at radius 1 is 0.600 bits per heavy atom. The Balaban J connectivity index is 0. The predicted molar refractivity (Wildman–Crippen MR) is 105 cm³/mol. The van der Waals surface area contributed by atoms with E-state index in [4.69, 9.17) is 10.2 Å². The average Bonchev–Trinajstić information content (AvgIpc) is 2.57. The molecule has 0 aromatic rings. The maximum Gasteiger partial charge on any atom is 0.330 e. The molecule has 0 aliphatic heterocycles. The molecule has 146 valence electrons. The van der Waals surface area contributed by atoms with Crippen molar-refractivity contribution in [2.24, 2.45) is 0 Å². The number of hydrogen-bond donors (Lipinski definition) is 2. The zero-order valence-electron chi connectivity index (χ0n) is 16.3. The minimum Gasteiger partial charge on any atom is -0.478 e. The Morgan fingerprint density at radius 3 is 1.16 bits per heavy atom. The molecule has 0 radical (unpaired) electrons. The molecule has 0 bridgehead atoms. The summed E-state index contributed by atoms with van der Waals surface area (Å²) in [5.74, 6) is -1.71. The minimum absolute atomic E-state index is 0.339. The number of hydrogen-bond acceptors (Lipinski definition) is 2. The Labute approximate surface area is 154 Å². The normalized spacial score (nSPS) is 9.84. The fraction of sp³-hybridized carbons (Fsp3) is 0.714. The van der Waals surface area contributed by atoms with Crippen molar-refractivity contribution in [2.75, 3.05) is 0 Å². The van der Waals surface area contributed by atoms with Crippen LogP contribution in [0.5, 0.6) is 0 Å². The number of carboxylic acids is 2. The fourth-order valence-electron chi connectivity index (χ4n) is 2.27. The summed E-state index contributed by atoms with van der Waals surface area (Å²) in [7, 11) is 0. The van der Waals surface area contributed by atoms with Crippen LogP contribution >= 0.6 is 0 Å². The Hall–Kier alpha value is -1.58. The molecular formula is C21H38O4. The molecule has 0 aromatic carbocycles. The van der Waals surface area contributed by atoms with Crippen molar-refractivity contribution in [1.29, 1.82) is 0 Å². The standard InChI is InChI=1S/C11H20O2.C10H18O2/c1-3-4-5-6-7-8-9-10(2)11(12)13;1-3-4-5-6-7-8-9(2)10(11)12/h2-9H2,1H3,(H,12,13);2-8H2,1H3,(H,11,12). The number of carbonyl (C=O) groups is 2. The average molecular weight is 355 g/mol. The molecule has 0 heterocycles. The van der Waals surface area contributed by atoms with E-state index in [0.717, 1.165) is 25.7 Å². The highest BCUT2D eigenvalue weighted by atomic mass is 16.4. The monoisotopic (exact) mass is 354 g/mol. The molecule has 0 saturated carbocycles. The molecular weight excluding hydrogens is 316 g/mol. The van der Waals surface area contributed by atoms with Crippen LogP contribution in [0.15, 0.2) is 24.3 Å². The van der Waals surface area contributed by atoms with E-state index in [1.165, 1.54) is 44.9 Å². The van der Waals surface area contributed by atoms with E-state index in [1.807, 2.05) is 0 Å². The molecule has 0 aromatic heterocycles. The molecule has 0 unspecified atom stereocenters. The van der Waals surface area contributed by atoms with Crippen molar-refractivity contribution in [3.05, 3.63) is 24.3 Å². The largest absolute Gasteiger partial charge is 0.478 e. The summed E-state index contributed by atoms with van der Waals surface area (Å²) in [6, 6.07) is 0. The Morgan fingerprint density at radius 2 is 0.880 bits per heavy atom. The summed E-state index contributed by atoms with van der Waals surface area (Å²) in [4.78, 5) is 20.7. The molecule has 0 fully saturated rings. The van der Waals surface area contributed by atoms with Gasteiger partial charge < -0.3 is 10.2 Å². The summed E-state index contributed by atoms with van der Waals surface area (Å²) in [6.45, 7) is 11.3. The van der Waals surface area contributed by atoms with Gasteiger partial charge >= 0.3 is 11.9 Å². The van der Waals surface area contributed by atoms with E-state index in [1.54, 1.807) is 0 Å². The molecule has 0 spiro atoms. The van der Waals surface area contributed by atoms with Crippen LogP contribution in [0, 0.1) is 0 Å². The maximum atomic E-state index is 10.4. The van der Waals surface area contributed by atoms with Crippen LogP contribution in [-0.2, 0) is 9.59 Å². The van der Waals surface area contributed by atoms with Crippen molar-refractivity contribution < 1.29 is 19.8 Å². The van der Waals surface area contributed by atoms with E-state index >= 15 is 0 Å². The van der Waals surface area contributed by atoms with Gasteiger partial charge in [-0.25, -0.2) is 9.59 Å². The third kappa shape index (κ3) is 20.4. The zero-order chi connectivity index (χ0) is 19.5. The molecule has 0 aliphatic rings. The van der Waals surface area contributed by atoms with E-state index in [2.05, 4.69) is 27.0 Å². The highest BCUT2D eigenvalue weighted by Gasteiger charge is 2.02. The van der Waals surface area contributed by atoms with Crippen LogP contribution in [0.25, 0.3) is 0 Å². The molecule has 2 N–H and O–H groups in total. The van der Waals surface area contributed by atoms with Gasteiger partial charge in [0.15, 0.2) is 0 Å². The van der Waals surface area contributed by atoms with Gasteiger partial charge in [-0.1, -0.05) is 84.8 Å². The molecule has 0 aliphatic carbocycles. The molecule has 0 atom stereocenters. The fourth-order valence-corrected chi connectivity index (χ4v) is 2.27. The summed E-state index contributed by atoms with van der Waals surface area (Å²) in [6.07, 6.45) is 14.2. The van der Waals surface area contributed by atoms with Gasteiger partial charge in [0.05, 0.1) is 0 Å². The topological polar surface area (TPSA) is 74.6 Å². The first-order chi connectivity index (χ1) is 11.9. The van der Waals surface area contributed by atoms with Crippen molar-refractivity contribution >= 4 is 11.9 Å². The van der Waals surface area contributed by atoms with Crippen molar-refractivity contribution in [3.8, 4) is 0 Å². The van der Waals surface area contributed by atoms with Crippen LogP contribution in [0.4, 0.5) is 0 Å². The van der Waals surface area contributed by atoms with Crippen LogP contribution < -0.4 is 0 Å². The highest BCUT2D eigenvalue weighted by Crippen LogP contribution is 2.10. The smallest absolute Gasteiger partial charge is 0.330 e. The zero-order valence-corrected chi connectivity index (χ0v) is 16.3. The molecule has 25 heavy (non-hydrogen) atoms. The molecule has 0 amide bonds. The highest BCUT2D eigenvalue weighted by molar-refractivity contribution is 5.85. The van der Waals surface area contributed by atoms with Gasteiger partial charge in [-0.05, 0) is 25.7 Å². The van der Waals surface area contributed by atoms with E-state index in [-0.39, 0.29) is 0 Å². The second kappa shape index (κ2) is 18.8. The summed E-state index contributed by atoms with van der Waals surface area (Å²) in [5, 5.41) is 17.0. The summed E-state index contributed by atoms with van der Waals surface area (Å²) < 4.78 is 0. The number of carboxylic acid groups (broad SMARTS) is 2. The van der Waals surface area contributed by atoms with Gasteiger partial charge in [0, 0.05) is 11.1 Å². The minimum atomic E-state index is -0.856. The lowest BCUT2D eigenvalue weighted by molar-refractivity contribution is -0.133. The van der Waals surface area contributed by atoms with Crippen LogP contribution in [-0.4, -0.2) is 22.2 Å². The SMILES string of the molecule is C=C(CCCCCCC)C(=O)O.C=C(CCCCCCCC)C(=O)O. The van der Waals surface area contributed by atoms with Gasteiger partial charge in [-0.15, -0.1) is 0 Å². The quantitative estimate of drug-likeness (QED) is 0.265. The first kappa shape index (κ1) is 25.7.